The number of aryl methyl sites for hydroxylation is 2. The zero-order chi connectivity index (χ0) is 12.3. The zero-order valence-electron chi connectivity index (χ0n) is 9.95. The molecule has 0 fully saturated rings. The number of nitrogens with zero attached hydrogens (tertiary/aromatic N) is 1. The van der Waals surface area contributed by atoms with Crippen LogP contribution < -0.4 is 5.32 Å². The molecule has 2 aromatic rings. The van der Waals surface area contributed by atoms with Crippen molar-refractivity contribution in [3.63, 3.8) is 0 Å². The summed E-state index contributed by atoms with van der Waals surface area (Å²) in [5.41, 5.74) is 2.67. The van der Waals surface area contributed by atoms with E-state index in [1.807, 2.05) is 25.1 Å². The molecule has 1 aromatic heterocycles. The van der Waals surface area contributed by atoms with Crippen LogP contribution in [0, 0.1) is 25.2 Å². The van der Waals surface area contributed by atoms with Gasteiger partial charge in [0.15, 0.2) is 0 Å². The lowest BCUT2D eigenvalue weighted by atomic mass is 10.1. The molecule has 0 aliphatic carbocycles. The van der Waals surface area contributed by atoms with Crippen molar-refractivity contribution in [2.45, 2.75) is 20.4 Å². The van der Waals surface area contributed by atoms with Crippen LogP contribution >= 0.6 is 11.3 Å². The van der Waals surface area contributed by atoms with Gasteiger partial charge < -0.3 is 5.32 Å². The molecule has 0 saturated heterocycles. The largest absolute Gasteiger partial charge is 0.379 e. The SMILES string of the molecule is Cc1ccc(CNc2cccc(C)c2C#N)s1. The predicted molar refractivity (Wildman–Crippen MR) is 72.3 cm³/mol. The molecule has 1 heterocycles. The number of hydrogen-bond donors (Lipinski definition) is 1. The average Bonchev–Trinajstić information content (AvgIpc) is 2.72. The van der Waals surface area contributed by atoms with E-state index >= 15 is 0 Å². The van der Waals surface area contributed by atoms with Crippen molar-refractivity contribution in [2.24, 2.45) is 0 Å². The molecule has 0 spiro atoms. The highest BCUT2D eigenvalue weighted by molar-refractivity contribution is 7.11. The van der Waals surface area contributed by atoms with E-state index in [0.29, 0.717) is 0 Å². The molecular weight excluding hydrogens is 228 g/mol. The van der Waals surface area contributed by atoms with Crippen molar-refractivity contribution in [3.8, 4) is 6.07 Å². The standard InChI is InChI=1S/C14H14N2S/c1-10-4-3-5-14(13(10)8-15)16-9-12-7-6-11(2)17-12/h3-7,16H,9H2,1-2H3. The minimum absolute atomic E-state index is 0.737. The second kappa shape index (κ2) is 5.03. The van der Waals surface area contributed by atoms with E-state index in [0.717, 1.165) is 23.4 Å². The van der Waals surface area contributed by atoms with E-state index in [2.05, 4.69) is 30.4 Å². The number of thiophene rings is 1. The molecule has 0 bridgehead atoms. The van der Waals surface area contributed by atoms with Crippen LogP contribution in [0.25, 0.3) is 0 Å². The van der Waals surface area contributed by atoms with Gasteiger partial charge in [0.25, 0.3) is 0 Å². The third-order valence-corrected chi connectivity index (χ3v) is 3.63. The number of benzene rings is 1. The maximum absolute atomic E-state index is 9.11. The maximum Gasteiger partial charge on any atom is 0.102 e. The Morgan fingerprint density at radius 1 is 1.24 bits per heavy atom. The van der Waals surface area contributed by atoms with Crippen LogP contribution in [0.2, 0.25) is 0 Å². The van der Waals surface area contributed by atoms with Crippen LogP contribution in [0.5, 0.6) is 0 Å². The molecule has 2 nitrogen and oxygen atoms in total. The molecular formula is C14H14N2S. The summed E-state index contributed by atoms with van der Waals surface area (Å²) in [6.45, 7) is 4.83. The zero-order valence-corrected chi connectivity index (χ0v) is 10.8. The highest BCUT2D eigenvalue weighted by Crippen LogP contribution is 2.21. The molecule has 0 aliphatic rings. The summed E-state index contributed by atoms with van der Waals surface area (Å²) < 4.78 is 0. The normalized spacial score (nSPS) is 9.94. The van der Waals surface area contributed by atoms with Crippen molar-refractivity contribution >= 4 is 17.0 Å². The van der Waals surface area contributed by atoms with Crippen molar-refractivity contribution in [1.82, 2.24) is 0 Å². The van der Waals surface area contributed by atoms with Gasteiger partial charge in [0.05, 0.1) is 11.3 Å². The van der Waals surface area contributed by atoms with Gasteiger partial charge in [-0.25, -0.2) is 0 Å². The summed E-state index contributed by atoms with van der Waals surface area (Å²) >= 11 is 1.78. The van der Waals surface area contributed by atoms with Gasteiger partial charge in [0.2, 0.25) is 0 Å². The highest BCUT2D eigenvalue weighted by Gasteiger charge is 2.04. The van der Waals surface area contributed by atoms with Crippen molar-refractivity contribution in [1.29, 1.82) is 5.26 Å². The molecule has 1 N–H and O–H groups in total. The van der Waals surface area contributed by atoms with E-state index < -0.39 is 0 Å². The average molecular weight is 242 g/mol. The number of nitriles is 1. The first-order valence-electron chi connectivity index (χ1n) is 5.49. The smallest absolute Gasteiger partial charge is 0.102 e. The highest BCUT2D eigenvalue weighted by atomic mass is 32.1. The van der Waals surface area contributed by atoms with E-state index in [4.69, 9.17) is 5.26 Å². The molecule has 0 aliphatic heterocycles. The second-order valence-corrected chi connectivity index (χ2v) is 5.35. The first-order chi connectivity index (χ1) is 8.20. The third kappa shape index (κ3) is 2.66. The van der Waals surface area contributed by atoms with Crippen molar-refractivity contribution < 1.29 is 0 Å². The van der Waals surface area contributed by atoms with E-state index in [-0.39, 0.29) is 0 Å². The predicted octanol–water partition coefficient (Wildman–Crippen LogP) is 3.85. The van der Waals surface area contributed by atoms with E-state index in [1.165, 1.54) is 9.75 Å². The monoisotopic (exact) mass is 242 g/mol. The van der Waals surface area contributed by atoms with Crippen LogP contribution in [-0.4, -0.2) is 0 Å². The quantitative estimate of drug-likeness (QED) is 0.887. The Morgan fingerprint density at radius 2 is 2.06 bits per heavy atom. The van der Waals surface area contributed by atoms with Crippen molar-refractivity contribution in [3.05, 3.63) is 51.2 Å². The summed E-state index contributed by atoms with van der Waals surface area (Å²) in [6, 6.07) is 12.4. The van der Waals surface area contributed by atoms with Gasteiger partial charge in [0, 0.05) is 16.3 Å². The van der Waals surface area contributed by atoms with Gasteiger partial charge in [-0.3, -0.25) is 0 Å². The van der Waals surface area contributed by atoms with E-state index in [1.54, 1.807) is 11.3 Å². The molecule has 1 aromatic carbocycles. The van der Waals surface area contributed by atoms with E-state index in [9.17, 15) is 0 Å². The van der Waals surface area contributed by atoms with Gasteiger partial charge in [-0.05, 0) is 37.6 Å². The Kier molecular flexibility index (Phi) is 3.46. The third-order valence-electron chi connectivity index (χ3n) is 2.63. The number of nitrogens with one attached hydrogen (secondary N) is 1. The lowest BCUT2D eigenvalue weighted by Gasteiger charge is -2.08. The minimum atomic E-state index is 0.737. The van der Waals surface area contributed by atoms with Crippen LogP contribution in [0.4, 0.5) is 5.69 Å². The van der Waals surface area contributed by atoms with Crippen molar-refractivity contribution in [2.75, 3.05) is 5.32 Å². The fraction of sp³-hybridized carbons (Fsp3) is 0.214. The fourth-order valence-corrected chi connectivity index (χ4v) is 2.56. The van der Waals surface area contributed by atoms with Crippen LogP contribution in [0.15, 0.2) is 30.3 Å². The van der Waals surface area contributed by atoms with Gasteiger partial charge in [-0.15, -0.1) is 11.3 Å². The lowest BCUT2D eigenvalue weighted by Crippen LogP contribution is -2.00. The van der Waals surface area contributed by atoms with Crippen LogP contribution in [0.3, 0.4) is 0 Å². The first-order valence-corrected chi connectivity index (χ1v) is 6.31. The maximum atomic E-state index is 9.11. The molecule has 2 rings (SSSR count). The molecule has 0 amide bonds. The Hall–Kier alpha value is -1.79. The molecule has 0 unspecified atom stereocenters. The number of rotatable bonds is 3. The molecule has 86 valence electrons. The fourth-order valence-electron chi connectivity index (χ4n) is 1.73. The van der Waals surface area contributed by atoms with Gasteiger partial charge in [-0.2, -0.15) is 5.26 Å². The minimum Gasteiger partial charge on any atom is -0.379 e. The summed E-state index contributed by atoms with van der Waals surface area (Å²) in [5, 5.41) is 12.4. The first kappa shape index (κ1) is 11.7. The number of hydrogen-bond acceptors (Lipinski definition) is 3. The molecule has 17 heavy (non-hydrogen) atoms. The molecule has 0 saturated carbocycles. The second-order valence-electron chi connectivity index (χ2n) is 3.98. The van der Waals surface area contributed by atoms with Gasteiger partial charge in [-0.1, -0.05) is 12.1 Å². The van der Waals surface area contributed by atoms with Gasteiger partial charge >= 0.3 is 0 Å². The summed E-state index contributed by atoms with van der Waals surface area (Å²) in [5.74, 6) is 0. The number of anilines is 1. The van der Waals surface area contributed by atoms with Crippen LogP contribution in [0.1, 0.15) is 20.9 Å². The Balaban J connectivity index is 2.14. The van der Waals surface area contributed by atoms with Crippen LogP contribution in [-0.2, 0) is 6.54 Å². The lowest BCUT2D eigenvalue weighted by molar-refractivity contribution is 1.18. The molecule has 3 heteroatoms. The Labute approximate surface area is 106 Å². The summed E-state index contributed by atoms with van der Waals surface area (Å²) in [6.07, 6.45) is 0. The summed E-state index contributed by atoms with van der Waals surface area (Å²) in [4.78, 5) is 2.60. The van der Waals surface area contributed by atoms with Gasteiger partial charge in [0.1, 0.15) is 6.07 Å². The Morgan fingerprint density at radius 3 is 2.71 bits per heavy atom. The summed E-state index contributed by atoms with van der Waals surface area (Å²) in [7, 11) is 0. The topological polar surface area (TPSA) is 35.8 Å². The Bertz CT molecular complexity index is 564. The molecule has 0 atom stereocenters. The molecule has 0 radical (unpaired) electrons.